The maximum absolute atomic E-state index is 10.9. The van der Waals surface area contributed by atoms with Crippen molar-refractivity contribution in [3.05, 3.63) is 12.2 Å². The first-order valence-corrected chi connectivity index (χ1v) is 14.2. The predicted molar refractivity (Wildman–Crippen MR) is 135 cm³/mol. The Labute approximate surface area is 199 Å². The molecule has 9 atom stereocenters. The van der Waals surface area contributed by atoms with Crippen LogP contribution in [0, 0.1) is 56.7 Å². The molecule has 182 valence electrons. The number of aliphatic hydroxyl groups excluding tert-OH is 1. The molecule has 5 aliphatic carbocycles. The molecule has 1 heteroatoms. The highest BCUT2D eigenvalue weighted by atomic mass is 16.3. The van der Waals surface area contributed by atoms with Gasteiger partial charge in [0.1, 0.15) is 0 Å². The number of aliphatic hydroxyl groups is 1. The number of rotatable bonds is 5. The summed E-state index contributed by atoms with van der Waals surface area (Å²) in [6.07, 6.45) is 14.8. The van der Waals surface area contributed by atoms with E-state index >= 15 is 0 Å². The lowest BCUT2D eigenvalue weighted by molar-refractivity contribution is -0.157. The second kappa shape index (κ2) is 7.11. The van der Waals surface area contributed by atoms with Gasteiger partial charge in [0.15, 0.2) is 0 Å². The van der Waals surface area contributed by atoms with Gasteiger partial charge < -0.3 is 5.11 Å². The van der Waals surface area contributed by atoms with Gasteiger partial charge in [-0.3, -0.25) is 0 Å². The molecule has 2 spiro atoms. The van der Waals surface area contributed by atoms with Crippen LogP contribution in [-0.2, 0) is 0 Å². The highest BCUT2D eigenvalue weighted by molar-refractivity contribution is 5.32. The molecule has 0 aliphatic heterocycles. The molecule has 5 saturated carbocycles. The van der Waals surface area contributed by atoms with Gasteiger partial charge in [0.2, 0.25) is 0 Å². The third-order valence-corrected chi connectivity index (χ3v) is 13.3. The van der Waals surface area contributed by atoms with E-state index in [0.29, 0.717) is 27.6 Å². The molecule has 0 aromatic heterocycles. The number of hydrogen-bond acceptors (Lipinski definition) is 1. The van der Waals surface area contributed by atoms with Crippen LogP contribution in [-0.4, -0.2) is 11.2 Å². The van der Waals surface area contributed by atoms with Crippen LogP contribution in [0.2, 0.25) is 0 Å². The topological polar surface area (TPSA) is 20.2 Å². The summed E-state index contributed by atoms with van der Waals surface area (Å²) in [5.74, 6) is 3.83. The van der Waals surface area contributed by atoms with E-state index in [-0.39, 0.29) is 11.5 Å². The first-order valence-electron chi connectivity index (χ1n) is 14.2. The van der Waals surface area contributed by atoms with Gasteiger partial charge in [-0.1, -0.05) is 67.0 Å². The Kier molecular flexibility index (Phi) is 5.21. The maximum Gasteiger partial charge on any atom is 0.0594 e. The highest BCUT2D eigenvalue weighted by Crippen LogP contribution is 2.89. The molecule has 0 saturated heterocycles. The van der Waals surface area contributed by atoms with Crippen molar-refractivity contribution >= 4 is 0 Å². The normalized spacial score (nSPS) is 51.9. The Morgan fingerprint density at radius 1 is 0.812 bits per heavy atom. The van der Waals surface area contributed by atoms with Crippen LogP contribution in [0.15, 0.2) is 12.2 Å². The summed E-state index contributed by atoms with van der Waals surface area (Å²) in [7, 11) is 0. The fourth-order valence-electron chi connectivity index (χ4n) is 11.0. The molecule has 0 amide bonds. The second-order valence-electron chi connectivity index (χ2n) is 14.9. The molecule has 0 aromatic carbocycles. The Balaban J connectivity index is 1.41. The third kappa shape index (κ3) is 2.73. The highest BCUT2D eigenvalue weighted by Gasteiger charge is 2.82. The summed E-state index contributed by atoms with van der Waals surface area (Å²) in [5, 5.41) is 10.9. The zero-order valence-electron chi connectivity index (χ0n) is 22.4. The van der Waals surface area contributed by atoms with E-state index in [4.69, 9.17) is 6.58 Å². The first kappa shape index (κ1) is 23.4. The van der Waals surface area contributed by atoms with Crippen LogP contribution >= 0.6 is 0 Å². The van der Waals surface area contributed by atoms with Crippen LogP contribution in [0.4, 0.5) is 0 Å². The molecule has 5 fully saturated rings. The Morgan fingerprint density at radius 3 is 2.16 bits per heavy atom. The molecule has 1 N–H and O–H groups in total. The Morgan fingerprint density at radius 2 is 1.47 bits per heavy atom. The minimum atomic E-state index is -0.0942. The van der Waals surface area contributed by atoms with E-state index in [9.17, 15) is 5.11 Å². The van der Waals surface area contributed by atoms with Crippen molar-refractivity contribution in [1.29, 1.82) is 0 Å². The van der Waals surface area contributed by atoms with Crippen molar-refractivity contribution in [3.63, 3.8) is 0 Å². The minimum Gasteiger partial charge on any atom is -0.393 e. The maximum atomic E-state index is 10.9. The van der Waals surface area contributed by atoms with Gasteiger partial charge in [0.25, 0.3) is 0 Å². The lowest BCUT2D eigenvalue weighted by Crippen LogP contribution is -2.57. The van der Waals surface area contributed by atoms with Gasteiger partial charge >= 0.3 is 0 Å². The molecule has 1 nitrogen and oxygen atoms in total. The minimum absolute atomic E-state index is 0.0942. The van der Waals surface area contributed by atoms with Crippen molar-refractivity contribution in [2.75, 3.05) is 0 Å². The van der Waals surface area contributed by atoms with E-state index in [1.165, 1.54) is 64.2 Å². The molecule has 0 heterocycles. The van der Waals surface area contributed by atoms with Gasteiger partial charge in [-0.05, 0) is 121 Å². The van der Waals surface area contributed by atoms with Crippen molar-refractivity contribution in [3.8, 4) is 0 Å². The summed E-state index contributed by atoms with van der Waals surface area (Å²) in [4.78, 5) is 0. The SMILES string of the molecule is C=C(C(C)CCC(C)C)C1CCC2(C)C3CCC4C(C)(C)C(O)CCC45CC35CCC12C. The molecule has 0 bridgehead atoms. The van der Waals surface area contributed by atoms with Crippen LogP contribution in [0.1, 0.15) is 119 Å². The fourth-order valence-corrected chi connectivity index (χ4v) is 11.0. The number of allylic oxidation sites excluding steroid dienone is 1. The van der Waals surface area contributed by atoms with Gasteiger partial charge in [0.05, 0.1) is 6.10 Å². The van der Waals surface area contributed by atoms with Crippen LogP contribution in [0.25, 0.3) is 0 Å². The van der Waals surface area contributed by atoms with E-state index < -0.39 is 0 Å². The monoisotopic (exact) mass is 440 g/mol. The van der Waals surface area contributed by atoms with Gasteiger partial charge in [0, 0.05) is 0 Å². The number of hydrogen-bond donors (Lipinski definition) is 1. The van der Waals surface area contributed by atoms with Crippen molar-refractivity contribution < 1.29 is 5.11 Å². The summed E-state index contributed by atoms with van der Waals surface area (Å²) in [6.45, 7) is 22.1. The lowest BCUT2D eigenvalue weighted by Gasteiger charge is -2.63. The van der Waals surface area contributed by atoms with E-state index in [1.807, 2.05) is 0 Å². The largest absolute Gasteiger partial charge is 0.393 e. The van der Waals surface area contributed by atoms with E-state index in [1.54, 1.807) is 5.57 Å². The fraction of sp³-hybridized carbons (Fsp3) is 0.935. The molecule has 5 aliphatic rings. The predicted octanol–water partition coefficient (Wildman–Crippen LogP) is 8.41. The molecular weight excluding hydrogens is 388 g/mol. The average Bonchev–Trinajstić information content (AvgIpc) is 3.31. The number of fused-ring (bicyclic) bond motifs is 2. The molecule has 5 rings (SSSR count). The Hall–Kier alpha value is -0.300. The Bertz CT molecular complexity index is 779. The first-order chi connectivity index (χ1) is 14.9. The van der Waals surface area contributed by atoms with E-state index in [0.717, 1.165) is 30.1 Å². The second-order valence-corrected chi connectivity index (χ2v) is 14.9. The summed E-state index contributed by atoms with van der Waals surface area (Å²) in [6, 6.07) is 0. The lowest BCUT2D eigenvalue weighted by atomic mass is 9.42. The summed E-state index contributed by atoms with van der Waals surface area (Å²) < 4.78 is 0. The van der Waals surface area contributed by atoms with Crippen molar-refractivity contribution in [2.45, 2.75) is 125 Å². The molecule has 9 unspecified atom stereocenters. The zero-order valence-corrected chi connectivity index (χ0v) is 22.4. The molecular formula is C31H52O. The summed E-state index contributed by atoms with van der Waals surface area (Å²) in [5.41, 5.74) is 3.77. The molecule has 0 aromatic rings. The average molecular weight is 441 g/mol. The molecule has 0 radical (unpaired) electrons. The third-order valence-electron chi connectivity index (χ3n) is 13.3. The van der Waals surface area contributed by atoms with Crippen molar-refractivity contribution in [2.24, 2.45) is 56.7 Å². The quantitative estimate of drug-likeness (QED) is 0.425. The van der Waals surface area contributed by atoms with Gasteiger partial charge in [-0.25, -0.2) is 0 Å². The van der Waals surface area contributed by atoms with Crippen LogP contribution in [0.3, 0.4) is 0 Å². The summed E-state index contributed by atoms with van der Waals surface area (Å²) >= 11 is 0. The van der Waals surface area contributed by atoms with Gasteiger partial charge in [-0.2, -0.15) is 0 Å². The molecule has 32 heavy (non-hydrogen) atoms. The van der Waals surface area contributed by atoms with Gasteiger partial charge in [-0.15, -0.1) is 0 Å². The van der Waals surface area contributed by atoms with Crippen LogP contribution in [0.5, 0.6) is 0 Å². The smallest absolute Gasteiger partial charge is 0.0594 e. The van der Waals surface area contributed by atoms with Crippen molar-refractivity contribution in [1.82, 2.24) is 0 Å². The standard InChI is InChI=1S/C31H52O/c1-20(2)9-10-21(3)22(4)23-13-15-29(8)25-12-11-24-27(5,6)26(32)14-16-30(24)19-31(25,30)18-17-28(23,29)7/h20-21,23-26,32H,4,9-19H2,1-3,5-8H3. The zero-order chi connectivity index (χ0) is 23.3. The van der Waals surface area contributed by atoms with E-state index in [2.05, 4.69) is 48.5 Å². The van der Waals surface area contributed by atoms with Crippen LogP contribution < -0.4 is 0 Å².